The number of urea groups is 1. The van der Waals surface area contributed by atoms with Crippen LogP contribution in [0.25, 0.3) is 0 Å². The molecule has 0 spiro atoms. The van der Waals surface area contributed by atoms with Crippen LogP contribution in [0, 0.1) is 5.92 Å². The quantitative estimate of drug-likeness (QED) is 0.369. The molecule has 6 rings (SSSR count). The normalized spacial score (nSPS) is 23.0. The molecule has 2 saturated carbocycles. The molecule has 2 aromatic carbocycles. The maximum atomic E-state index is 13.2. The maximum Gasteiger partial charge on any atom is 0.416 e. The molecule has 3 atom stereocenters. The fraction of sp³-hybridized carbons (Fsp3) is 0.296. The fourth-order valence-corrected chi connectivity index (χ4v) is 5.33. The first-order chi connectivity index (χ1) is 18.2. The number of aromatic hydroxyl groups is 1. The molecular weight excluding hydrogens is 501 g/mol. The Kier molecular flexibility index (Phi) is 5.48. The van der Waals surface area contributed by atoms with Crippen molar-refractivity contribution in [3.63, 3.8) is 0 Å². The van der Waals surface area contributed by atoms with Gasteiger partial charge in [0.15, 0.2) is 0 Å². The van der Waals surface area contributed by atoms with Crippen LogP contribution in [0.3, 0.4) is 0 Å². The van der Waals surface area contributed by atoms with Crippen molar-refractivity contribution >= 4 is 17.8 Å². The van der Waals surface area contributed by atoms with Gasteiger partial charge in [0.05, 0.1) is 11.1 Å². The van der Waals surface area contributed by atoms with Crippen LogP contribution in [0.2, 0.25) is 0 Å². The highest BCUT2D eigenvalue weighted by atomic mass is 19.4. The number of halogens is 3. The number of amides is 3. The van der Waals surface area contributed by atoms with Crippen molar-refractivity contribution in [1.29, 1.82) is 0 Å². The Hall–Kier alpha value is -4.28. The van der Waals surface area contributed by atoms with E-state index in [9.17, 15) is 27.9 Å². The van der Waals surface area contributed by atoms with Crippen molar-refractivity contribution in [2.45, 2.75) is 43.4 Å². The van der Waals surface area contributed by atoms with E-state index in [4.69, 9.17) is 4.74 Å². The van der Waals surface area contributed by atoms with E-state index in [0.29, 0.717) is 42.1 Å². The first-order valence-electron chi connectivity index (χ1n) is 12.2. The van der Waals surface area contributed by atoms with E-state index in [-0.39, 0.29) is 35.6 Å². The van der Waals surface area contributed by atoms with Gasteiger partial charge >= 0.3 is 12.2 Å². The Bertz CT molecular complexity index is 1460. The van der Waals surface area contributed by atoms with E-state index in [1.54, 1.807) is 24.4 Å². The molecule has 2 aliphatic carbocycles. The van der Waals surface area contributed by atoms with Gasteiger partial charge in [-0.05, 0) is 54.7 Å². The van der Waals surface area contributed by atoms with Gasteiger partial charge in [0.25, 0.3) is 0 Å². The Morgan fingerprint density at radius 1 is 1.18 bits per heavy atom. The van der Waals surface area contributed by atoms with Gasteiger partial charge in [0.2, 0.25) is 5.91 Å². The minimum absolute atomic E-state index is 0.0206. The monoisotopic (exact) mass is 524 g/mol. The summed E-state index contributed by atoms with van der Waals surface area (Å²) in [7, 11) is 0. The lowest BCUT2D eigenvalue weighted by molar-refractivity contribution is -0.138. The smallest absolute Gasteiger partial charge is 0.416 e. The summed E-state index contributed by atoms with van der Waals surface area (Å²) in [6.07, 6.45) is -1.42. The van der Waals surface area contributed by atoms with Crippen molar-refractivity contribution in [2.24, 2.45) is 5.92 Å². The molecule has 3 aromatic rings. The van der Waals surface area contributed by atoms with Crippen LogP contribution in [0.4, 0.5) is 23.8 Å². The van der Waals surface area contributed by atoms with E-state index in [1.807, 2.05) is 0 Å². The predicted octanol–water partition coefficient (Wildman–Crippen LogP) is 4.84. The first-order valence-corrected chi connectivity index (χ1v) is 12.2. The number of nitrogens with zero attached hydrogens (tertiary/aromatic N) is 1. The SMILES string of the molecule is O=C1CCc2c(Oc3ccc(O)c([C@@H]4[C@@H]5C[C@@]45NC(=O)NCc4ccccc4C(F)(F)F)c3)ccnc2N1. The summed E-state index contributed by atoms with van der Waals surface area (Å²) >= 11 is 0. The second-order valence-corrected chi connectivity index (χ2v) is 9.80. The Morgan fingerprint density at radius 2 is 2.00 bits per heavy atom. The number of benzene rings is 2. The number of hydrogen-bond acceptors (Lipinski definition) is 5. The molecule has 38 heavy (non-hydrogen) atoms. The van der Waals surface area contributed by atoms with Crippen LogP contribution in [0.5, 0.6) is 17.2 Å². The van der Waals surface area contributed by atoms with E-state index < -0.39 is 23.3 Å². The summed E-state index contributed by atoms with van der Waals surface area (Å²) < 4.78 is 45.8. The summed E-state index contributed by atoms with van der Waals surface area (Å²) in [6, 6.07) is 11.1. The van der Waals surface area contributed by atoms with Crippen LogP contribution < -0.4 is 20.7 Å². The van der Waals surface area contributed by atoms with E-state index in [1.165, 1.54) is 24.3 Å². The maximum absolute atomic E-state index is 13.2. The molecule has 0 unspecified atom stereocenters. The minimum Gasteiger partial charge on any atom is -0.508 e. The molecule has 196 valence electrons. The zero-order chi connectivity index (χ0) is 26.7. The highest BCUT2D eigenvalue weighted by Crippen LogP contribution is 2.77. The summed E-state index contributed by atoms with van der Waals surface area (Å²) in [4.78, 5) is 28.4. The molecule has 4 N–H and O–H groups in total. The molecule has 0 saturated heterocycles. The molecule has 0 radical (unpaired) electrons. The number of phenols is 1. The summed E-state index contributed by atoms with van der Waals surface area (Å²) in [5.74, 6) is 1.46. The number of anilines is 1. The number of carbonyl (C=O) groups excluding carboxylic acids is 2. The summed E-state index contributed by atoms with van der Waals surface area (Å²) in [6.45, 7) is -0.266. The molecule has 11 heteroatoms. The average molecular weight is 524 g/mol. The highest BCUT2D eigenvalue weighted by Gasteiger charge is 2.80. The van der Waals surface area contributed by atoms with Crippen molar-refractivity contribution in [1.82, 2.24) is 15.6 Å². The minimum atomic E-state index is -4.51. The highest BCUT2D eigenvalue weighted by molar-refractivity contribution is 5.93. The van der Waals surface area contributed by atoms with Crippen LogP contribution in [0.15, 0.2) is 54.7 Å². The number of nitrogens with one attached hydrogen (secondary N) is 3. The number of alkyl halides is 3. The Morgan fingerprint density at radius 3 is 2.79 bits per heavy atom. The van der Waals surface area contributed by atoms with Gasteiger partial charge in [0, 0.05) is 36.2 Å². The van der Waals surface area contributed by atoms with Crippen molar-refractivity contribution in [3.05, 3.63) is 77.0 Å². The number of fused-ring (bicyclic) bond motifs is 2. The number of rotatable bonds is 6. The molecule has 0 bridgehead atoms. The molecule has 2 fully saturated rings. The largest absolute Gasteiger partial charge is 0.508 e. The molecule has 1 aromatic heterocycles. The third-order valence-electron chi connectivity index (χ3n) is 7.45. The van der Waals surface area contributed by atoms with Gasteiger partial charge in [-0.2, -0.15) is 13.2 Å². The standard InChI is InChI=1S/C27H23F3N4O4/c28-27(29,30)18-4-2-1-3-14(18)13-32-25(37)34-26-12-19(26)23(26)17-11-15(5-7-20(17)35)38-21-9-10-31-24-16(21)6-8-22(36)33-24/h1-5,7,9-11,19,23,35H,6,8,12-13H2,(H,31,33,36)(H2,32,34,37)/t19-,23+,26-/m0/s1. The lowest BCUT2D eigenvalue weighted by Gasteiger charge is -2.20. The number of aromatic nitrogens is 1. The lowest BCUT2D eigenvalue weighted by Crippen LogP contribution is -2.41. The molecular formula is C27H23F3N4O4. The van der Waals surface area contributed by atoms with E-state index in [0.717, 1.165) is 11.6 Å². The third kappa shape index (κ3) is 4.27. The molecule has 3 aliphatic rings. The van der Waals surface area contributed by atoms with E-state index in [2.05, 4.69) is 20.9 Å². The van der Waals surface area contributed by atoms with Crippen LogP contribution in [-0.2, 0) is 23.9 Å². The summed E-state index contributed by atoms with van der Waals surface area (Å²) in [5, 5.41) is 18.7. The zero-order valence-corrected chi connectivity index (χ0v) is 19.9. The number of carbonyl (C=O) groups is 2. The molecule has 1 aliphatic heterocycles. The topological polar surface area (TPSA) is 113 Å². The molecule has 2 heterocycles. The zero-order valence-electron chi connectivity index (χ0n) is 19.9. The Balaban J connectivity index is 1.13. The average Bonchev–Trinajstić information content (AvgIpc) is 3.74. The van der Waals surface area contributed by atoms with Crippen molar-refractivity contribution < 1.29 is 32.6 Å². The Labute approximate surface area is 215 Å². The van der Waals surface area contributed by atoms with Gasteiger partial charge in [-0.1, -0.05) is 18.2 Å². The van der Waals surface area contributed by atoms with Crippen LogP contribution >= 0.6 is 0 Å². The summed E-state index contributed by atoms with van der Waals surface area (Å²) in [5.41, 5.74) is 0.0686. The lowest BCUT2D eigenvalue weighted by atomic mass is 9.99. The van der Waals surface area contributed by atoms with Gasteiger partial charge in [-0.3, -0.25) is 4.79 Å². The fourth-order valence-electron chi connectivity index (χ4n) is 5.33. The number of phenolic OH excluding ortho intramolecular Hbond substituents is 1. The molecule has 3 amide bonds. The predicted molar refractivity (Wildman–Crippen MR) is 130 cm³/mol. The second-order valence-electron chi connectivity index (χ2n) is 9.80. The van der Waals surface area contributed by atoms with Crippen molar-refractivity contribution in [2.75, 3.05) is 5.32 Å². The van der Waals surface area contributed by atoms with Gasteiger partial charge in [-0.25, -0.2) is 9.78 Å². The van der Waals surface area contributed by atoms with Gasteiger partial charge in [0.1, 0.15) is 23.1 Å². The number of ether oxygens (including phenoxy) is 1. The number of pyridine rings is 1. The van der Waals surface area contributed by atoms with Crippen LogP contribution in [-0.4, -0.2) is 27.6 Å². The van der Waals surface area contributed by atoms with Crippen LogP contribution in [0.1, 0.15) is 41.0 Å². The van der Waals surface area contributed by atoms with E-state index >= 15 is 0 Å². The number of hydrogen-bond donors (Lipinski definition) is 4. The first kappa shape index (κ1) is 24.1. The van der Waals surface area contributed by atoms with Gasteiger partial charge in [-0.15, -0.1) is 0 Å². The third-order valence-corrected chi connectivity index (χ3v) is 7.45. The second kappa shape index (κ2) is 8.64. The van der Waals surface area contributed by atoms with Crippen molar-refractivity contribution in [3.8, 4) is 17.2 Å². The molecule has 8 nitrogen and oxygen atoms in total. The van der Waals surface area contributed by atoms with Gasteiger partial charge < -0.3 is 25.8 Å².